The maximum Gasteiger partial charge on any atom is 0.248 e. The molecule has 140 valence electrons. The number of hydrogen-bond acceptors (Lipinski definition) is 4. The number of carbonyl (C=O) groups is 1. The van der Waals surface area contributed by atoms with Crippen LogP contribution in [0.15, 0.2) is 24.3 Å². The predicted octanol–water partition coefficient (Wildman–Crippen LogP) is 3.26. The van der Waals surface area contributed by atoms with Crippen LogP contribution < -0.4 is 10.2 Å². The second kappa shape index (κ2) is 7.91. The SMILES string of the molecule is COC/C=C/C(=O)Nc1cc2nc(N3CCC[C@@H](C)C3)n(C)c2cc1C. The van der Waals surface area contributed by atoms with Gasteiger partial charge < -0.3 is 19.5 Å². The highest BCUT2D eigenvalue weighted by atomic mass is 16.5. The highest BCUT2D eigenvalue weighted by Crippen LogP contribution is 2.29. The standard InChI is InChI=1S/C20H28N4O2/c1-14-7-5-9-24(13-14)20-22-17-12-16(15(2)11-18(17)23(20)3)21-19(25)8-6-10-26-4/h6,8,11-12,14H,5,7,9-10,13H2,1-4H3,(H,21,25)/b8-6+/t14-/m1/s1. The largest absolute Gasteiger partial charge is 0.381 e. The number of imidazole rings is 1. The molecule has 2 aromatic rings. The van der Waals surface area contributed by atoms with Crippen LogP contribution in [0.1, 0.15) is 25.3 Å². The molecule has 0 spiro atoms. The van der Waals surface area contributed by atoms with Gasteiger partial charge in [0.05, 0.1) is 17.6 Å². The molecule has 0 radical (unpaired) electrons. The van der Waals surface area contributed by atoms with Crippen molar-refractivity contribution < 1.29 is 9.53 Å². The number of aryl methyl sites for hydroxylation is 2. The van der Waals surface area contributed by atoms with E-state index < -0.39 is 0 Å². The molecule has 6 heteroatoms. The molecule has 1 N–H and O–H groups in total. The van der Waals surface area contributed by atoms with Crippen molar-refractivity contribution >= 4 is 28.6 Å². The lowest BCUT2D eigenvalue weighted by Crippen LogP contribution is -2.35. The summed E-state index contributed by atoms with van der Waals surface area (Å²) in [5.41, 5.74) is 3.81. The number of hydrogen-bond donors (Lipinski definition) is 1. The fraction of sp³-hybridized carbons (Fsp3) is 0.500. The fourth-order valence-electron chi connectivity index (χ4n) is 3.54. The van der Waals surface area contributed by atoms with Gasteiger partial charge in [0.2, 0.25) is 11.9 Å². The molecule has 3 rings (SSSR count). The van der Waals surface area contributed by atoms with E-state index in [1.54, 1.807) is 13.2 Å². The Morgan fingerprint density at radius 2 is 2.27 bits per heavy atom. The highest BCUT2D eigenvalue weighted by Gasteiger charge is 2.21. The van der Waals surface area contributed by atoms with Crippen LogP contribution in [-0.2, 0) is 16.6 Å². The van der Waals surface area contributed by atoms with E-state index in [1.807, 2.05) is 13.0 Å². The summed E-state index contributed by atoms with van der Waals surface area (Å²) in [6.07, 6.45) is 5.68. The van der Waals surface area contributed by atoms with Gasteiger partial charge in [0.1, 0.15) is 0 Å². The van der Waals surface area contributed by atoms with Gasteiger partial charge in [-0.15, -0.1) is 0 Å². The number of piperidine rings is 1. The topological polar surface area (TPSA) is 59.4 Å². The third-order valence-electron chi connectivity index (χ3n) is 4.93. The van der Waals surface area contributed by atoms with Crippen LogP contribution in [0.3, 0.4) is 0 Å². The first-order valence-electron chi connectivity index (χ1n) is 9.18. The van der Waals surface area contributed by atoms with Crippen LogP contribution in [0.5, 0.6) is 0 Å². The lowest BCUT2D eigenvalue weighted by molar-refractivity contribution is -0.111. The van der Waals surface area contributed by atoms with Gasteiger partial charge in [0, 0.05) is 39.0 Å². The minimum absolute atomic E-state index is 0.162. The number of nitrogens with one attached hydrogen (secondary N) is 1. The number of benzene rings is 1. The van der Waals surface area contributed by atoms with Crippen molar-refractivity contribution in [3.63, 3.8) is 0 Å². The molecule has 0 bridgehead atoms. The third-order valence-corrected chi connectivity index (χ3v) is 4.93. The molecule has 1 aliphatic rings. The number of aromatic nitrogens is 2. The minimum atomic E-state index is -0.162. The number of anilines is 2. The lowest BCUT2D eigenvalue weighted by Gasteiger charge is -2.31. The number of carbonyl (C=O) groups excluding carboxylic acids is 1. The molecule has 1 aliphatic heterocycles. The van der Waals surface area contributed by atoms with E-state index in [1.165, 1.54) is 18.9 Å². The van der Waals surface area contributed by atoms with Crippen molar-refractivity contribution in [1.82, 2.24) is 9.55 Å². The van der Waals surface area contributed by atoms with Gasteiger partial charge in [-0.1, -0.05) is 13.0 Å². The maximum atomic E-state index is 12.0. The molecule has 1 atom stereocenters. The number of nitrogens with zero attached hydrogens (tertiary/aromatic N) is 3. The average Bonchev–Trinajstić information content (AvgIpc) is 2.92. The lowest BCUT2D eigenvalue weighted by atomic mass is 10.0. The predicted molar refractivity (Wildman–Crippen MR) is 106 cm³/mol. The Bertz CT molecular complexity index is 825. The normalized spacial score (nSPS) is 18.0. The van der Waals surface area contributed by atoms with Gasteiger partial charge in [-0.2, -0.15) is 0 Å². The van der Waals surface area contributed by atoms with Gasteiger partial charge in [0.25, 0.3) is 0 Å². The molecule has 0 saturated carbocycles. The molecule has 1 fully saturated rings. The number of rotatable bonds is 5. The maximum absolute atomic E-state index is 12.0. The van der Waals surface area contributed by atoms with Crippen LogP contribution in [0, 0.1) is 12.8 Å². The number of ether oxygens (including phenoxy) is 1. The van der Waals surface area contributed by atoms with Gasteiger partial charge in [0.15, 0.2) is 0 Å². The van der Waals surface area contributed by atoms with Crippen molar-refractivity contribution in [2.75, 3.05) is 37.0 Å². The van der Waals surface area contributed by atoms with E-state index in [2.05, 4.69) is 34.8 Å². The van der Waals surface area contributed by atoms with E-state index >= 15 is 0 Å². The molecule has 1 saturated heterocycles. The Morgan fingerprint density at radius 3 is 3.00 bits per heavy atom. The molecule has 1 aromatic carbocycles. The first-order chi connectivity index (χ1) is 12.5. The molecule has 6 nitrogen and oxygen atoms in total. The molecule has 26 heavy (non-hydrogen) atoms. The van der Waals surface area contributed by atoms with E-state index in [0.29, 0.717) is 12.5 Å². The third kappa shape index (κ3) is 3.90. The van der Waals surface area contributed by atoms with Crippen molar-refractivity contribution in [2.45, 2.75) is 26.7 Å². The van der Waals surface area contributed by atoms with Gasteiger partial charge in [-0.3, -0.25) is 4.79 Å². The summed E-state index contributed by atoms with van der Waals surface area (Å²) in [6, 6.07) is 4.05. The zero-order valence-corrected chi connectivity index (χ0v) is 16.1. The Hall–Kier alpha value is -2.34. The van der Waals surface area contributed by atoms with Crippen LogP contribution in [0.25, 0.3) is 11.0 Å². The summed E-state index contributed by atoms with van der Waals surface area (Å²) in [6.45, 7) is 6.81. The molecule has 1 amide bonds. The summed E-state index contributed by atoms with van der Waals surface area (Å²) in [7, 11) is 3.66. The van der Waals surface area contributed by atoms with E-state index in [0.717, 1.165) is 41.3 Å². The van der Waals surface area contributed by atoms with Crippen molar-refractivity contribution in [3.8, 4) is 0 Å². The first kappa shape index (κ1) is 18.5. The average molecular weight is 356 g/mol. The zero-order valence-electron chi connectivity index (χ0n) is 16.1. The van der Waals surface area contributed by atoms with Crippen molar-refractivity contribution in [1.29, 1.82) is 0 Å². The summed E-state index contributed by atoms with van der Waals surface area (Å²) in [4.78, 5) is 19.3. The summed E-state index contributed by atoms with van der Waals surface area (Å²) in [5, 5.41) is 2.93. The van der Waals surface area contributed by atoms with Crippen molar-refractivity contribution in [2.24, 2.45) is 13.0 Å². The quantitative estimate of drug-likeness (QED) is 0.836. The minimum Gasteiger partial charge on any atom is -0.381 e. The smallest absolute Gasteiger partial charge is 0.248 e. The Morgan fingerprint density at radius 1 is 1.46 bits per heavy atom. The molecule has 0 unspecified atom stereocenters. The number of fused-ring (bicyclic) bond motifs is 1. The fourth-order valence-corrected chi connectivity index (χ4v) is 3.54. The summed E-state index contributed by atoms with van der Waals surface area (Å²) >= 11 is 0. The van der Waals surface area contributed by atoms with Crippen LogP contribution >= 0.6 is 0 Å². The van der Waals surface area contributed by atoms with Crippen molar-refractivity contribution in [3.05, 3.63) is 29.8 Å². The second-order valence-electron chi connectivity index (χ2n) is 7.17. The zero-order chi connectivity index (χ0) is 18.7. The van der Waals surface area contributed by atoms with Gasteiger partial charge >= 0.3 is 0 Å². The monoisotopic (exact) mass is 356 g/mol. The highest BCUT2D eigenvalue weighted by molar-refractivity contribution is 6.01. The van der Waals surface area contributed by atoms with Crippen LogP contribution in [0.4, 0.5) is 11.6 Å². The van der Waals surface area contributed by atoms with Gasteiger partial charge in [-0.05, 0) is 43.4 Å². The van der Waals surface area contributed by atoms with E-state index in [4.69, 9.17) is 9.72 Å². The molecule has 1 aromatic heterocycles. The Labute approximate surface area is 154 Å². The second-order valence-corrected chi connectivity index (χ2v) is 7.17. The summed E-state index contributed by atoms with van der Waals surface area (Å²) < 4.78 is 7.08. The van der Waals surface area contributed by atoms with Gasteiger partial charge in [-0.25, -0.2) is 4.98 Å². The number of amides is 1. The van der Waals surface area contributed by atoms with Crippen LogP contribution in [-0.4, -0.2) is 42.3 Å². The molecular weight excluding hydrogens is 328 g/mol. The van der Waals surface area contributed by atoms with Crippen LogP contribution in [0.2, 0.25) is 0 Å². The summed E-state index contributed by atoms with van der Waals surface area (Å²) in [5.74, 6) is 1.54. The first-order valence-corrected chi connectivity index (χ1v) is 9.18. The van der Waals surface area contributed by atoms with E-state index in [-0.39, 0.29) is 5.91 Å². The Kier molecular flexibility index (Phi) is 5.61. The molecule has 2 heterocycles. The Balaban J connectivity index is 1.87. The van der Waals surface area contributed by atoms with E-state index in [9.17, 15) is 4.79 Å². The number of methoxy groups -OCH3 is 1. The molecular formula is C20H28N4O2. The molecule has 0 aliphatic carbocycles.